The van der Waals surface area contributed by atoms with Crippen molar-refractivity contribution in [2.75, 3.05) is 18.5 Å². The van der Waals surface area contributed by atoms with Gasteiger partial charge in [0.25, 0.3) is 5.91 Å². The zero-order valence-electron chi connectivity index (χ0n) is 13.1. The van der Waals surface area contributed by atoms with E-state index in [9.17, 15) is 18.0 Å². The fourth-order valence-electron chi connectivity index (χ4n) is 1.90. The van der Waals surface area contributed by atoms with Gasteiger partial charge in [-0.25, -0.2) is 18.7 Å². The Bertz CT molecular complexity index is 809. The number of hydrogen-bond acceptors (Lipinski definition) is 5. The van der Waals surface area contributed by atoms with Crippen molar-refractivity contribution in [2.24, 2.45) is 0 Å². The van der Waals surface area contributed by atoms with Crippen LogP contribution in [0.3, 0.4) is 0 Å². The first-order valence-corrected chi connectivity index (χ1v) is 8.32. The molecule has 0 aliphatic heterocycles. The molecule has 0 saturated carbocycles. The standard InChI is InChI=1S/C16H14F3IN2O4.2CH4/c17-11-3-2-10(16(25)22-26-7-9(24)6-23)15(14(11)19)21-13-4-1-8(20)5-12(13)18;;/h1-5,9,21,23-24H,6-7H2,(H,22,25);2*1H4/t9-;;/m1../s1. The molecule has 10 heteroatoms. The third-order valence-corrected chi connectivity index (χ3v) is 3.85. The Kier molecular flexibility index (Phi) is 11.0. The van der Waals surface area contributed by atoms with Gasteiger partial charge >= 0.3 is 0 Å². The Morgan fingerprint density at radius 2 is 1.82 bits per heavy atom. The lowest BCUT2D eigenvalue weighted by Crippen LogP contribution is -2.30. The van der Waals surface area contributed by atoms with Gasteiger partial charge in [-0.05, 0) is 52.9 Å². The minimum Gasteiger partial charge on any atom is -0.394 e. The van der Waals surface area contributed by atoms with Gasteiger partial charge in [0.1, 0.15) is 18.5 Å². The average molecular weight is 514 g/mol. The summed E-state index contributed by atoms with van der Waals surface area (Å²) >= 11 is 1.89. The SMILES string of the molecule is C.C.O=C(NOC[C@H](O)CO)c1ccc(F)c(F)c1Nc1ccc(I)cc1F. The first-order valence-electron chi connectivity index (χ1n) is 7.24. The number of carbonyl (C=O) groups is 1. The number of nitrogens with one attached hydrogen (secondary N) is 2. The average Bonchev–Trinajstić information content (AvgIpc) is 2.60. The largest absolute Gasteiger partial charge is 0.394 e. The smallest absolute Gasteiger partial charge is 0.277 e. The van der Waals surface area contributed by atoms with Crippen molar-refractivity contribution in [1.82, 2.24) is 5.48 Å². The number of halogens is 4. The monoisotopic (exact) mass is 514 g/mol. The maximum atomic E-state index is 14.2. The molecule has 0 unspecified atom stereocenters. The van der Waals surface area contributed by atoms with Crippen LogP contribution in [0.2, 0.25) is 0 Å². The van der Waals surface area contributed by atoms with E-state index in [0.717, 1.165) is 12.1 Å². The predicted octanol–water partition coefficient (Wildman–Crippen LogP) is 3.74. The molecule has 0 aromatic heterocycles. The van der Waals surface area contributed by atoms with E-state index in [0.29, 0.717) is 3.57 Å². The van der Waals surface area contributed by atoms with Crippen LogP contribution in [0.25, 0.3) is 0 Å². The second kappa shape index (κ2) is 11.8. The van der Waals surface area contributed by atoms with E-state index >= 15 is 0 Å². The number of hydrogen-bond donors (Lipinski definition) is 4. The van der Waals surface area contributed by atoms with Gasteiger partial charge in [-0.1, -0.05) is 14.9 Å². The molecule has 0 aliphatic rings. The van der Waals surface area contributed by atoms with Crippen molar-refractivity contribution in [1.29, 1.82) is 0 Å². The molecule has 4 N–H and O–H groups in total. The summed E-state index contributed by atoms with van der Waals surface area (Å²) in [4.78, 5) is 16.8. The number of carbonyl (C=O) groups excluding carboxylic acids is 1. The Balaban J connectivity index is 0.00000364. The molecule has 0 spiro atoms. The second-order valence-corrected chi connectivity index (χ2v) is 6.36. The van der Waals surface area contributed by atoms with E-state index in [4.69, 9.17) is 10.2 Å². The summed E-state index contributed by atoms with van der Waals surface area (Å²) in [5.74, 6) is -4.27. The molecule has 0 saturated heterocycles. The van der Waals surface area contributed by atoms with Crippen LogP contribution in [0, 0.1) is 21.0 Å². The number of amides is 1. The molecular weight excluding hydrogens is 492 g/mol. The fraction of sp³-hybridized carbons (Fsp3) is 0.278. The third kappa shape index (κ3) is 6.62. The third-order valence-electron chi connectivity index (χ3n) is 3.18. The molecule has 0 fully saturated rings. The van der Waals surface area contributed by atoms with Crippen molar-refractivity contribution < 1.29 is 33.0 Å². The highest BCUT2D eigenvalue weighted by Crippen LogP contribution is 2.28. The summed E-state index contributed by atoms with van der Waals surface area (Å²) in [5, 5.41) is 20.2. The Hall–Kier alpha value is -1.89. The molecule has 0 aliphatic carbocycles. The normalized spacial score (nSPS) is 11.1. The Morgan fingerprint density at radius 3 is 2.43 bits per heavy atom. The van der Waals surface area contributed by atoms with Gasteiger partial charge in [-0.2, -0.15) is 0 Å². The van der Waals surface area contributed by atoms with Gasteiger partial charge in [0, 0.05) is 3.57 Å². The molecule has 0 bridgehead atoms. The minimum atomic E-state index is -1.37. The lowest BCUT2D eigenvalue weighted by Gasteiger charge is -2.15. The molecule has 2 rings (SSSR count). The highest BCUT2D eigenvalue weighted by molar-refractivity contribution is 14.1. The first kappa shape index (κ1) is 26.1. The summed E-state index contributed by atoms with van der Waals surface area (Å²) in [6.07, 6.45) is -1.22. The van der Waals surface area contributed by atoms with Crippen LogP contribution in [0.4, 0.5) is 24.5 Å². The molecule has 1 atom stereocenters. The van der Waals surface area contributed by atoms with Crippen molar-refractivity contribution in [3.05, 3.63) is 56.9 Å². The molecule has 2 aromatic carbocycles. The van der Waals surface area contributed by atoms with Crippen LogP contribution in [0.15, 0.2) is 30.3 Å². The predicted molar refractivity (Wildman–Crippen MR) is 109 cm³/mol. The van der Waals surface area contributed by atoms with Crippen LogP contribution >= 0.6 is 22.6 Å². The van der Waals surface area contributed by atoms with Crippen LogP contribution in [0.1, 0.15) is 25.2 Å². The lowest BCUT2D eigenvalue weighted by atomic mass is 10.1. The summed E-state index contributed by atoms with van der Waals surface area (Å²) in [7, 11) is 0. The maximum absolute atomic E-state index is 14.2. The number of hydroxylamine groups is 1. The minimum absolute atomic E-state index is 0. The van der Waals surface area contributed by atoms with E-state index < -0.39 is 48.4 Å². The molecule has 6 nitrogen and oxygen atoms in total. The fourth-order valence-corrected chi connectivity index (χ4v) is 2.35. The van der Waals surface area contributed by atoms with Crippen molar-refractivity contribution in [3.8, 4) is 0 Å². The molecule has 28 heavy (non-hydrogen) atoms. The van der Waals surface area contributed by atoms with Crippen LogP contribution in [-0.2, 0) is 4.84 Å². The molecule has 156 valence electrons. The van der Waals surface area contributed by atoms with E-state index in [1.54, 1.807) is 6.07 Å². The molecule has 0 radical (unpaired) electrons. The zero-order valence-corrected chi connectivity index (χ0v) is 15.3. The summed E-state index contributed by atoms with van der Waals surface area (Å²) in [6, 6.07) is 5.77. The van der Waals surface area contributed by atoms with Crippen molar-refractivity contribution in [2.45, 2.75) is 21.0 Å². The van der Waals surface area contributed by atoms with Gasteiger partial charge in [0.05, 0.1) is 23.5 Å². The summed E-state index contributed by atoms with van der Waals surface area (Å²) in [6.45, 7) is -1.000. The van der Waals surface area contributed by atoms with Crippen molar-refractivity contribution >= 4 is 39.9 Å². The molecule has 0 heterocycles. The van der Waals surface area contributed by atoms with E-state index in [1.807, 2.05) is 28.1 Å². The first-order chi connectivity index (χ1) is 12.3. The Labute approximate surface area is 174 Å². The number of aliphatic hydroxyl groups excluding tert-OH is 2. The number of anilines is 2. The molecule has 2 aromatic rings. The van der Waals surface area contributed by atoms with Gasteiger partial charge in [-0.15, -0.1) is 0 Å². The topological polar surface area (TPSA) is 90.8 Å². The van der Waals surface area contributed by atoms with E-state index in [-0.39, 0.29) is 26.1 Å². The van der Waals surface area contributed by atoms with E-state index in [2.05, 4.69) is 10.2 Å². The van der Waals surface area contributed by atoms with E-state index in [1.165, 1.54) is 12.1 Å². The molecule has 1 amide bonds. The highest BCUT2D eigenvalue weighted by atomic mass is 127. The van der Waals surface area contributed by atoms with Gasteiger partial charge < -0.3 is 15.5 Å². The lowest BCUT2D eigenvalue weighted by molar-refractivity contribution is -0.0295. The Morgan fingerprint density at radius 1 is 1.14 bits per heavy atom. The van der Waals surface area contributed by atoms with Crippen molar-refractivity contribution in [3.63, 3.8) is 0 Å². The highest BCUT2D eigenvalue weighted by Gasteiger charge is 2.20. The number of benzene rings is 2. The van der Waals surface area contributed by atoms with Crippen LogP contribution in [-0.4, -0.2) is 35.4 Å². The summed E-state index contributed by atoms with van der Waals surface area (Å²) < 4.78 is 42.3. The number of aliphatic hydroxyl groups is 2. The second-order valence-electron chi connectivity index (χ2n) is 5.11. The quantitative estimate of drug-likeness (QED) is 0.334. The number of rotatable bonds is 7. The van der Waals surface area contributed by atoms with Gasteiger partial charge in [-0.3, -0.25) is 9.63 Å². The van der Waals surface area contributed by atoms with Gasteiger partial charge in [0.2, 0.25) is 0 Å². The van der Waals surface area contributed by atoms with Gasteiger partial charge in [0.15, 0.2) is 11.6 Å². The van der Waals surface area contributed by atoms with Crippen LogP contribution < -0.4 is 10.8 Å². The molecular formula is C18H22F3IN2O4. The zero-order chi connectivity index (χ0) is 19.3. The summed E-state index contributed by atoms with van der Waals surface area (Å²) in [5.41, 5.74) is 0.852. The maximum Gasteiger partial charge on any atom is 0.277 e. The van der Waals surface area contributed by atoms with Crippen LogP contribution in [0.5, 0.6) is 0 Å².